The average molecular weight is 333 g/mol. The van der Waals surface area contributed by atoms with Crippen LogP contribution in [0.1, 0.15) is 30.7 Å². The molecule has 20 heavy (non-hydrogen) atoms. The van der Waals surface area contributed by atoms with Crippen LogP contribution in [0, 0.1) is 0 Å². The van der Waals surface area contributed by atoms with Gasteiger partial charge in [-0.25, -0.2) is 0 Å². The van der Waals surface area contributed by atoms with Crippen LogP contribution in [0.2, 0.25) is 15.3 Å². The first kappa shape index (κ1) is 15.7. The van der Waals surface area contributed by atoms with E-state index in [1.54, 1.807) is 12.1 Å². The number of nitrogens with one attached hydrogen (secondary N) is 1. The average Bonchev–Trinajstić information content (AvgIpc) is 2.85. The molecule has 1 heterocycles. The monoisotopic (exact) mass is 331 g/mol. The number of rotatable bonds is 6. The molecule has 2 aromatic rings. The van der Waals surface area contributed by atoms with Crippen LogP contribution in [-0.4, -0.2) is 6.54 Å². The van der Waals surface area contributed by atoms with Crippen molar-refractivity contribution in [2.24, 2.45) is 0 Å². The molecule has 0 radical (unpaired) electrons. The molecule has 2 rings (SSSR count). The number of hydrogen-bond donors (Lipinski definition) is 1. The Morgan fingerprint density at radius 2 is 1.95 bits per heavy atom. The van der Waals surface area contributed by atoms with Gasteiger partial charge in [-0.2, -0.15) is 0 Å². The van der Waals surface area contributed by atoms with Gasteiger partial charge in [0, 0.05) is 10.0 Å². The highest BCUT2D eigenvalue weighted by molar-refractivity contribution is 6.33. The Bertz CT molecular complexity index is 568. The SMILES string of the molecule is CCCNC(Cc1cc(Cl)ccc1Cl)c1ccc(Cl)o1. The van der Waals surface area contributed by atoms with Gasteiger partial charge in [0.25, 0.3) is 0 Å². The second-order valence-electron chi connectivity index (χ2n) is 4.59. The Kier molecular flexibility index (Phi) is 5.79. The summed E-state index contributed by atoms with van der Waals surface area (Å²) in [6, 6.07) is 9.13. The summed E-state index contributed by atoms with van der Waals surface area (Å²) >= 11 is 18.1. The topological polar surface area (TPSA) is 25.2 Å². The van der Waals surface area contributed by atoms with Crippen molar-refractivity contribution < 1.29 is 4.42 Å². The summed E-state index contributed by atoms with van der Waals surface area (Å²) < 4.78 is 5.51. The van der Waals surface area contributed by atoms with Crippen molar-refractivity contribution in [3.63, 3.8) is 0 Å². The lowest BCUT2D eigenvalue weighted by Crippen LogP contribution is -2.23. The van der Waals surface area contributed by atoms with E-state index in [9.17, 15) is 0 Å². The minimum absolute atomic E-state index is 0.0263. The first-order valence-corrected chi connectivity index (χ1v) is 7.66. The van der Waals surface area contributed by atoms with Crippen molar-refractivity contribution in [1.82, 2.24) is 5.32 Å². The molecule has 0 aliphatic rings. The molecule has 0 aliphatic heterocycles. The fourth-order valence-corrected chi connectivity index (χ4v) is 2.57. The summed E-state index contributed by atoms with van der Waals surface area (Å²) in [5, 5.41) is 5.21. The second-order valence-corrected chi connectivity index (χ2v) is 5.80. The standard InChI is InChI=1S/C15H16Cl3NO/c1-2-7-19-13(14-5-6-15(18)20-14)9-10-8-11(16)3-4-12(10)17/h3-6,8,13,19H,2,7,9H2,1H3. The molecule has 1 unspecified atom stereocenters. The maximum absolute atomic E-state index is 6.22. The lowest BCUT2D eigenvalue weighted by atomic mass is 10.0. The third kappa shape index (κ3) is 4.16. The van der Waals surface area contributed by atoms with Crippen molar-refractivity contribution in [2.45, 2.75) is 25.8 Å². The lowest BCUT2D eigenvalue weighted by molar-refractivity contribution is 0.411. The molecule has 0 fully saturated rings. The van der Waals surface area contributed by atoms with E-state index < -0.39 is 0 Å². The van der Waals surface area contributed by atoms with Gasteiger partial charge in [-0.05, 0) is 66.9 Å². The van der Waals surface area contributed by atoms with E-state index in [4.69, 9.17) is 39.2 Å². The van der Waals surface area contributed by atoms with Gasteiger partial charge in [-0.1, -0.05) is 30.1 Å². The molecule has 0 saturated heterocycles. The number of hydrogen-bond acceptors (Lipinski definition) is 2. The number of halogens is 3. The van der Waals surface area contributed by atoms with Gasteiger partial charge in [0.1, 0.15) is 5.76 Å². The highest BCUT2D eigenvalue weighted by Crippen LogP contribution is 2.28. The fraction of sp³-hybridized carbons (Fsp3) is 0.333. The Hall–Kier alpha value is -0.670. The molecule has 1 aromatic heterocycles. The van der Waals surface area contributed by atoms with Crippen molar-refractivity contribution in [3.05, 3.63) is 56.9 Å². The molecule has 108 valence electrons. The Labute approximate surface area is 134 Å². The largest absolute Gasteiger partial charge is 0.448 e. The molecule has 0 bridgehead atoms. The minimum atomic E-state index is 0.0263. The van der Waals surface area contributed by atoms with Crippen LogP contribution in [0.15, 0.2) is 34.7 Å². The van der Waals surface area contributed by atoms with Gasteiger partial charge in [0.2, 0.25) is 0 Å². The van der Waals surface area contributed by atoms with E-state index in [0.29, 0.717) is 21.7 Å². The van der Waals surface area contributed by atoms with Crippen LogP contribution >= 0.6 is 34.8 Å². The predicted octanol–water partition coefficient (Wildman–Crippen LogP) is 5.52. The maximum Gasteiger partial charge on any atom is 0.193 e. The van der Waals surface area contributed by atoms with Crippen molar-refractivity contribution in [2.75, 3.05) is 6.54 Å². The van der Waals surface area contributed by atoms with Gasteiger partial charge in [0.15, 0.2) is 5.22 Å². The quantitative estimate of drug-likeness (QED) is 0.753. The molecular formula is C15H16Cl3NO. The molecule has 1 atom stereocenters. The van der Waals surface area contributed by atoms with Crippen molar-refractivity contribution >= 4 is 34.8 Å². The molecule has 5 heteroatoms. The van der Waals surface area contributed by atoms with Crippen molar-refractivity contribution in [3.8, 4) is 0 Å². The molecular weight excluding hydrogens is 317 g/mol. The normalized spacial score (nSPS) is 12.6. The Balaban J connectivity index is 2.21. The highest BCUT2D eigenvalue weighted by atomic mass is 35.5. The number of furan rings is 1. The molecule has 2 nitrogen and oxygen atoms in total. The van der Waals surface area contributed by atoms with Gasteiger partial charge in [-0.15, -0.1) is 0 Å². The molecule has 0 saturated carbocycles. The van der Waals surface area contributed by atoms with Gasteiger partial charge < -0.3 is 9.73 Å². The summed E-state index contributed by atoms with van der Waals surface area (Å²) in [6.45, 7) is 3.01. The summed E-state index contributed by atoms with van der Waals surface area (Å²) in [5.74, 6) is 0.805. The molecule has 1 aromatic carbocycles. The smallest absolute Gasteiger partial charge is 0.193 e. The Morgan fingerprint density at radius 3 is 2.60 bits per heavy atom. The maximum atomic E-state index is 6.22. The zero-order valence-electron chi connectivity index (χ0n) is 11.1. The summed E-state index contributed by atoms with van der Waals surface area (Å²) in [7, 11) is 0. The van der Waals surface area contributed by atoms with E-state index >= 15 is 0 Å². The third-order valence-electron chi connectivity index (χ3n) is 3.01. The van der Waals surface area contributed by atoms with E-state index in [-0.39, 0.29) is 6.04 Å². The van der Waals surface area contributed by atoms with Crippen molar-refractivity contribution in [1.29, 1.82) is 0 Å². The first-order valence-electron chi connectivity index (χ1n) is 6.52. The van der Waals surface area contributed by atoms with E-state index in [0.717, 1.165) is 24.3 Å². The van der Waals surface area contributed by atoms with E-state index in [1.165, 1.54) is 0 Å². The summed E-state index contributed by atoms with van der Waals surface area (Å²) in [6.07, 6.45) is 1.73. The molecule has 0 spiro atoms. The third-order valence-corrected chi connectivity index (χ3v) is 3.82. The van der Waals surface area contributed by atoms with Gasteiger partial charge >= 0.3 is 0 Å². The first-order chi connectivity index (χ1) is 9.60. The van der Waals surface area contributed by atoms with Gasteiger partial charge in [-0.3, -0.25) is 0 Å². The zero-order valence-corrected chi connectivity index (χ0v) is 13.4. The Morgan fingerprint density at radius 1 is 1.15 bits per heavy atom. The van der Waals surface area contributed by atoms with Crippen LogP contribution in [0.25, 0.3) is 0 Å². The lowest BCUT2D eigenvalue weighted by Gasteiger charge is -2.17. The zero-order chi connectivity index (χ0) is 14.5. The van der Waals surface area contributed by atoms with Crippen LogP contribution < -0.4 is 5.32 Å². The second kappa shape index (κ2) is 7.37. The fourth-order valence-electron chi connectivity index (χ4n) is 2.03. The van der Waals surface area contributed by atoms with E-state index in [1.807, 2.05) is 18.2 Å². The van der Waals surface area contributed by atoms with E-state index in [2.05, 4.69) is 12.2 Å². The van der Waals surface area contributed by atoms with Crippen LogP contribution in [0.4, 0.5) is 0 Å². The predicted molar refractivity (Wildman–Crippen MR) is 84.9 cm³/mol. The van der Waals surface area contributed by atoms with Crippen LogP contribution in [-0.2, 0) is 6.42 Å². The van der Waals surface area contributed by atoms with Crippen LogP contribution in [0.3, 0.4) is 0 Å². The summed E-state index contributed by atoms with van der Waals surface area (Å²) in [4.78, 5) is 0. The highest BCUT2D eigenvalue weighted by Gasteiger charge is 2.17. The number of benzene rings is 1. The molecule has 1 N–H and O–H groups in total. The summed E-state index contributed by atoms with van der Waals surface area (Å²) in [5.41, 5.74) is 0.986. The minimum Gasteiger partial charge on any atom is -0.448 e. The molecule has 0 amide bonds. The molecule has 0 aliphatic carbocycles. The van der Waals surface area contributed by atoms with Crippen LogP contribution in [0.5, 0.6) is 0 Å². The van der Waals surface area contributed by atoms with Gasteiger partial charge in [0.05, 0.1) is 6.04 Å².